The Labute approximate surface area is 171 Å². The fraction of sp³-hybridized carbons (Fsp3) is 0.278. The Hall–Kier alpha value is -2.82. The highest BCUT2D eigenvalue weighted by Crippen LogP contribution is 2.33. The number of carbonyl (C=O) groups excluding carboxylic acids is 1. The molecule has 0 saturated carbocycles. The van der Waals surface area contributed by atoms with E-state index in [0.717, 1.165) is 0 Å². The van der Waals surface area contributed by atoms with Gasteiger partial charge >= 0.3 is 12.1 Å². The topological polar surface area (TPSA) is 75.0 Å². The average Bonchev–Trinajstić information content (AvgIpc) is 2.98. The molecule has 3 rings (SSSR count). The van der Waals surface area contributed by atoms with Crippen LogP contribution < -0.4 is 9.47 Å². The lowest BCUT2D eigenvalue weighted by Gasteiger charge is -2.13. The van der Waals surface area contributed by atoms with Gasteiger partial charge in [0.2, 0.25) is 0 Å². The van der Waals surface area contributed by atoms with Crippen molar-refractivity contribution in [1.29, 1.82) is 0 Å². The van der Waals surface area contributed by atoms with Crippen LogP contribution in [-0.4, -0.2) is 39.7 Å². The molecule has 3 aromatic heterocycles. The SMILES string of the molecule is CCOC(=O)c1nc2ccc(Oc3ncc(Br)cc3OCC(F)(F)F)cn2c1C. The molecule has 0 fully saturated rings. The number of hydrogen-bond acceptors (Lipinski definition) is 6. The Balaban J connectivity index is 1.90. The van der Waals surface area contributed by atoms with Gasteiger partial charge in [0.15, 0.2) is 18.1 Å². The number of rotatable bonds is 6. The van der Waals surface area contributed by atoms with Crippen molar-refractivity contribution in [3.63, 3.8) is 0 Å². The van der Waals surface area contributed by atoms with Crippen LogP contribution in [0.2, 0.25) is 0 Å². The maximum absolute atomic E-state index is 12.5. The third kappa shape index (κ3) is 4.97. The summed E-state index contributed by atoms with van der Waals surface area (Å²) < 4.78 is 54.9. The summed E-state index contributed by atoms with van der Waals surface area (Å²) in [5.41, 5.74) is 1.18. The van der Waals surface area contributed by atoms with E-state index in [0.29, 0.717) is 15.8 Å². The van der Waals surface area contributed by atoms with E-state index in [4.69, 9.17) is 14.2 Å². The first-order valence-corrected chi connectivity index (χ1v) is 9.16. The van der Waals surface area contributed by atoms with E-state index < -0.39 is 18.8 Å². The summed E-state index contributed by atoms with van der Waals surface area (Å²) in [4.78, 5) is 20.2. The third-order valence-electron chi connectivity index (χ3n) is 3.69. The maximum Gasteiger partial charge on any atom is 0.422 e. The Morgan fingerprint density at radius 1 is 1.31 bits per heavy atom. The molecule has 0 aliphatic rings. The molecule has 3 aromatic rings. The summed E-state index contributed by atoms with van der Waals surface area (Å²) in [6.45, 7) is 2.12. The Morgan fingerprint density at radius 2 is 2.07 bits per heavy atom. The molecule has 0 saturated heterocycles. The Morgan fingerprint density at radius 3 is 2.76 bits per heavy atom. The number of nitrogens with zero attached hydrogens (tertiary/aromatic N) is 3. The Kier molecular flexibility index (Phi) is 5.96. The maximum atomic E-state index is 12.5. The van der Waals surface area contributed by atoms with Crippen molar-refractivity contribution in [2.75, 3.05) is 13.2 Å². The molecule has 154 valence electrons. The Bertz CT molecular complexity index is 1050. The van der Waals surface area contributed by atoms with Crippen LogP contribution in [0.15, 0.2) is 35.1 Å². The molecule has 0 bridgehead atoms. The van der Waals surface area contributed by atoms with Crippen LogP contribution in [-0.2, 0) is 4.74 Å². The van der Waals surface area contributed by atoms with Gasteiger partial charge in [0.05, 0.1) is 18.5 Å². The van der Waals surface area contributed by atoms with Gasteiger partial charge in [0.1, 0.15) is 11.4 Å². The van der Waals surface area contributed by atoms with Crippen molar-refractivity contribution >= 4 is 27.5 Å². The molecular weight excluding hydrogens is 459 g/mol. The average molecular weight is 474 g/mol. The van der Waals surface area contributed by atoms with Crippen molar-refractivity contribution in [2.24, 2.45) is 0 Å². The van der Waals surface area contributed by atoms with Gasteiger partial charge in [-0.3, -0.25) is 4.40 Å². The number of imidazole rings is 1. The number of fused-ring (bicyclic) bond motifs is 1. The highest BCUT2D eigenvalue weighted by Gasteiger charge is 2.29. The van der Waals surface area contributed by atoms with Crippen molar-refractivity contribution in [2.45, 2.75) is 20.0 Å². The number of hydrogen-bond donors (Lipinski definition) is 0. The lowest BCUT2D eigenvalue weighted by Crippen LogP contribution is -2.19. The molecule has 3 heterocycles. The largest absolute Gasteiger partial charge is 0.478 e. The van der Waals surface area contributed by atoms with E-state index in [9.17, 15) is 18.0 Å². The minimum Gasteiger partial charge on any atom is -0.478 e. The second kappa shape index (κ2) is 8.27. The number of esters is 1. The van der Waals surface area contributed by atoms with Gasteiger partial charge < -0.3 is 14.2 Å². The number of halogens is 4. The number of aryl methyl sites for hydroxylation is 1. The minimum atomic E-state index is -4.50. The molecule has 0 amide bonds. The number of aromatic nitrogens is 3. The molecule has 0 aromatic carbocycles. The van der Waals surface area contributed by atoms with Crippen LogP contribution in [0.3, 0.4) is 0 Å². The predicted octanol–water partition coefficient (Wildman–Crippen LogP) is 4.71. The second-order valence-corrected chi connectivity index (χ2v) is 6.74. The lowest BCUT2D eigenvalue weighted by molar-refractivity contribution is -0.153. The molecule has 0 N–H and O–H groups in total. The molecule has 0 unspecified atom stereocenters. The summed E-state index contributed by atoms with van der Waals surface area (Å²) >= 11 is 3.14. The normalized spacial score (nSPS) is 11.5. The zero-order valence-corrected chi connectivity index (χ0v) is 16.9. The summed E-state index contributed by atoms with van der Waals surface area (Å²) in [5.74, 6) is -0.597. The van der Waals surface area contributed by atoms with Crippen LogP contribution in [0.5, 0.6) is 17.4 Å². The highest BCUT2D eigenvalue weighted by molar-refractivity contribution is 9.10. The fourth-order valence-corrected chi connectivity index (χ4v) is 2.77. The number of alkyl halides is 3. The molecule has 11 heteroatoms. The van der Waals surface area contributed by atoms with Crippen molar-refractivity contribution in [3.05, 3.63) is 46.5 Å². The predicted molar refractivity (Wildman–Crippen MR) is 99.4 cm³/mol. The monoisotopic (exact) mass is 473 g/mol. The van der Waals surface area contributed by atoms with Crippen molar-refractivity contribution in [1.82, 2.24) is 14.4 Å². The molecule has 0 radical (unpaired) electrons. The lowest BCUT2D eigenvalue weighted by atomic mass is 10.3. The zero-order valence-electron chi connectivity index (χ0n) is 15.3. The van der Waals surface area contributed by atoms with E-state index in [1.165, 1.54) is 18.5 Å². The molecule has 7 nitrogen and oxygen atoms in total. The third-order valence-corrected chi connectivity index (χ3v) is 4.12. The van der Waals surface area contributed by atoms with Crippen LogP contribution in [0.25, 0.3) is 5.65 Å². The van der Waals surface area contributed by atoms with Crippen molar-refractivity contribution in [3.8, 4) is 17.4 Å². The molecular formula is C18H15BrF3N3O4. The van der Waals surface area contributed by atoms with Crippen molar-refractivity contribution < 1.29 is 32.2 Å². The quantitative estimate of drug-likeness (QED) is 0.482. The van der Waals surface area contributed by atoms with Gasteiger partial charge in [-0.1, -0.05) is 0 Å². The molecule has 29 heavy (non-hydrogen) atoms. The summed E-state index contributed by atoms with van der Waals surface area (Å²) in [6.07, 6.45) is -1.59. The van der Waals surface area contributed by atoms with Crippen LogP contribution >= 0.6 is 15.9 Å². The first-order chi connectivity index (χ1) is 13.7. The molecule has 0 aliphatic heterocycles. The first kappa shape index (κ1) is 20.9. The van der Waals surface area contributed by atoms with E-state index >= 15 is 0 Å². The van der Waals surface area contributed by atoms with Crippen LogP contribution in [0.4, 0.5) is 13.2 Å². The minimum absolute atomic E-state index is 0.139. The zero-order chi connectivity index (χ0) is 21.2. The van der Waals surface area contributed by atoms with E-state index in [1.807, 2.05) is 0 Å². The van der Waals surface area contributed by atoms with Gasteiger partial charge in [-0.2, -0.15) is 13.2 Å². The van der Waals surface area contributed by atoms with E-state index in [2.05, 4.69) is 25.9 Å². The van der Waals surface area contributed by atoms with Gasteiger partial charge in [0, 0.05) is 16.7 Å². The molecule has 0 atom stereocenters. The van der Waals surface area contributed by atoms with Gasteiger partial charge in [0.25, 0.3) is 5.88 Å². The van der Waals surface area contributed by atoms with Gasteiger partial charge in [-0.05, 0) is 41.9 Å². The van der Waals surface area contributed by atoms with E-state index in [1.54, 1.807) is 30.4 Å². The van der Waals surface area contributed by atoms with Gasteiger partial charge in [-0.15, -0.1) is 0 Å². The molecule has 0 spiro atoms. The smallest absolute Gasteiger partial charge is 0.422 e. The summed E-state index contributed by atoms with van der Waals surface area (Å²) in [5, 5.41) is 0. The molecule has 0 aliphatic carbocycles. The summed E-state index contributed by atoms with van der Waals surface area (Å²) in [7, 11) is 0. The van der Waals surface area contributed by atoms with E-state index in [-0.39, 0.29) is 29.7 Å². The number of carbonyl (C=O) groups is 1. The van der Waals surface area contributed by atoms with Gasteiger partial charge in [-0.25, -0.2) is 14.8 Å². The number of pyridine rings is 2. The summed E-state index contributed by atoms with van der Waals surface area (Å²) in [6, 6.07) is 4.47. The standard InChI is InChI=1S/C18H15BrF3N3O4/c1-3-27-17(26)15-10(2)25-8-12(4-5-14(25)24-15)29-16-13(6-11(19)7-23-16)28-9-18(20,21)22/h4-8H,3,9H2,1-2H3. The number of ether oxygens (including phenoxy) is 3. The van der Waals surface area contributed by atoms with Crippen LogP contribution in [0, 0.1) is 6.92 Å². The van der Waals surface area contributed by atoms with Crippen LogP contribution in [0.1, 0.15) is 23.1 Å². The second-order valence-electron chi connectivity index (χ2n) is 5.82. The highest BCUT2D eigenvalue weighted by atomic mass is 79.9. The first-order valence-electron chi connectivity index (χ1n) is 8.36. The fourth-order valence-electron chi connectivity index (χ4n) is 2.46.